The van der Waals surface area contributed by atoms with Crippen molar-refractivity contribution in [3.05, 3.63) is 129 Å². The highest BCUT2D eigenvalue weighted by atomic mass is 19.3. The standard InChI is InChI=1S/C33H20F8O2/c1-2-3-14-42-24-12-8-20(9-13-24)4-5-21-6-10-23(26(34)15-21)11-7-22-16-27(35)31(28(36)17-22)33(40,41)43-25-18-29(37)32(39)30(38)19-25/h6,8-10,12-13,15-19H,2-3,14H2,1H3. The van der Waals surface area contributed by atoms with Gasteiger partial charge < -0.3 is 9.47 Å². The summed E-state index contributed by atoms with van der Waals surface area (Å²) in [5.41, 5.74) is -1.45. The summed E-state index contributed by atoms with van der Waals surface area (Å²) >= 11 is 0. The lowest BCUT2D eigenvalue weighted by atomic mass is 10.1. The maximum absolute atomic E-state index is 14.6. The monoisotopic (exact) mass is 600 g/mol. The second-order valence-corrected chi connectivity index (χ2v) is 9.06. The van der Waals surface area contributed by atoms with E-state index >= 15 is 0 Å². The number of halogens is 8. The van der Waals surface area contributed by atoms with E-state index in [9.17, 15) is 35.1 Å². The second kappa shape index (κ2) is 13.3. The smallest absolute Gasteiger partial charge is 0.432 e. The highest BCUT2D eigenvalue weighted by Crippen LogP contribution is 2.36. The van der Waals surface area contributed by atoms with E-state index in [1.54, 1.807) is 24.3 Å². The van der Waals surface area contributed by atoms with Gasteiger partial charge in [0.15, 0.2) is 17.5 Å². The Morgan fingerprint density at radius 2 is 1.16 bits per heavy atom. The molecule has 0 aliphatic rings. The van der Waals surface area contributed by atoms with Crippen molar-refractivity contribution in [3.63, 3.8) is 0 Å². The van der Waals surface area contributed by atoms with Gasteiger partial charge in [-0.3, -0.25) is 0 Å². The summed E-state index contributed by atoms with van der Waals surface area (Å²) in [6.45, 7) is 2.67. The van der Waals surface area contributed by atoms with E-state index < -0.39 is 57.9 Å². The van der Waals surface area contributed by atoms with Crippen LogP contribution in [0.2, 0.25) is 0 Å². The first kappa shape index (κ1) is 31.0. The van der Waals surface area contributed by atoms with Gasteiger partial charge in [0.2, 0.25) is 0 Å². The molecule has 10 heteroatoms. The molecule has 4 rings (SSSR count). The molecule has 0 radical (unpaired) electrons. The average Bonchev–Trinajstić information content (AvgIpc) is 2.94. The summed E-state index contributed by atoms with van der Waals surface area (Å²) in [5, 5.41) is 0. The fraction of sp³-hybridized carbons (Fsp3) is 0.152. The van der Waals surface area contributed by atoms with Crippen molar-refractivity contribution in [2.75, 3.05) is 6.61 Å². The van der Waals surface area contributed by atoms with Crippen LogP contribution in [0.5, 0.6) is 11.5 Å². The molecule has 4 aromatic rings. The Kier molecular flexibility index (Phi) is 9.62. The molecule has 2 nitrogen and oxygen atoms in total. The van der Waals surface area contributed by atoms with Gasteiger partial charge in [-0.1, -0.05) is 37.0 Å². The molecule has 0 spiro atoms. The van der Waals surface area contributed by atoms with Crippen molar-refractivity contribution in [1.82, 2.24) is 0 Å². The number of hydrogen-bond donors (Lipinski definition) is 0. The predicted octanol–water partition coefficient (Wildman–Crippen LogP) is 8.63. The minimum absolute atomic E-state index is 0.0926. The Bertz CT molecular complexity index is 1710. The lowest BCUT2D eigenvalue weighted by Gasteiger charge is -2.19. The van der Waals surface area contributed by atoms with Crippen LogP contribution in [0.15, 0.2) is 66.7 Å². The molecule has 4 aromatic carbocycles. The van der Waals surface area contributed by atoms with Crippen LogP contribution in [0.25, 0.3) is 0 Å². The molecule has 0 N–H and O–H groups in total. The molecule has 0 bridgehead atoms. The van der Waals surface area contributed by atoms with Crippen LogP contribution in [0.3, 0.4) is 0 Å². The van der Waals surface area contributed by atoms with Crippen LogP contribution in [-0.2, 0) is 6.11 Å². The minimum Gasteiger partial charge on any atom is -0.494 e. The van der Waals surface area contributed by atoms with E-state index in [4.69, 9.17) is 4.74 Å². The Morgan fingerprint density at radius 1 is 0.605 bits per heavy atom. The largest absolute Gasteiger partial charge is 0.494 e. The molecule has 0 heterocycles. The zero-order valence-electron chi connectivity index (χ0n) is 22.3. The van der Waals surface area contributed by atoms with Crippen LogP contribution in [0.1, 0.15) is 47.6 Å². The fourth-order valence-electron chi connectivity index (χ4n) is 3.66. The summed E-state index contributed by atoms with van der Waals surface area (Å²) in [6, 6.07) is 12.0. The first-order valence-electron chi connectivity index (χ1n) is 12.7. The van der Waals surface area contributed by atoms with Gasteiger partial charge in [0.25, 0.3) is 0 Å². The lowest BCUT2D eigenvalue weighted by molar-refractivity contribution is -0.189. The number of rotatable bonds is 7. The molecule has 0 atom stereocenters. The van der Waals surface area contributed by atoms with Gasteiger partial charge in [-0.25, -0.2) is 26.3 Å². The molecule has 0 unspecified atom stereocenters. The third kappa shape index (κ3) is 7.87. The number of benzene rings is 4. The van der Waals surface area contributed by atoms with Gasteiger partial charge in [-0.15, -0.1) is 0 Å². The summed E-state index contributed by atoms with van der Waals surface area (Å²) in [6.07, 6.45) is -2.79. The SMILES string of the molecule is CCCCOc1ccc(C#Cc2ccc(C#Cc3cc(F)c(C(F)(F)Oc4cc(F)c(F)c(F)c4)c(F)c3)c(F)c2)cc1. The average molecular weight is 601 g/mol. The van der Waals surface area contributed by atoms with Crippen LogP contribution in [-0.4, -0.2) is 6.61 Å². The third-order valence-electron chi connectivity index (χ3n) is 5.82. The molecule has 0 aliphatic heterocycles. The van der Waals surface area contributed by atoms with Crippen molar-refractivity contribution in [3.8, 4) is 35.2 Å². The number of alkyl halides is 2. The lowest BCUT2D eigenvalue weighted by Crippen LogP contribution is -2.25. The second-order valence-electron chi connectivity index (χ2n) is 9.06. The molecule has 0 aliphatic carbocycles. The van der Waals surface area contributed by atoms with Gasteiger partial charge in [-0.2, -0.15) is 8.78 Å². The van der Waals surface area contributed by atoms with Crippen LogP contribution in [0, 0.1) is 58.6 Å². The van der Waals surface area contributed by atoms with E-state index in [2.05, 4.69) is 35.3 Å². The normalized spacial score (nSPS) is 10.8. The van der Waals surface area contributed by atoms with E-state index in [0.29, 0.717) is 35.6 Å². The van der Waals surface area contributed by atoms with Crippen molar-refractivity contribution in [2.24, 2.45) is 0 Å². The van der Waals surface area contributed by atoms with Crippen molar-refractivity contribution >= 4 is 0 Å². The van der Waals surface area contributed by atoms with Crippen molar-refractivity contribution in [2.45, 2.75) is 25.9 Å². The fourth-order valence-corrected chi connectivity index (χ4v) is 3.66. The van der Waals surface area contributed by atoms with Gasteiger partial charge in [-0.05, 0) is 61.0 Å². The molecule has 43 heavy (non-hydrogen) atoms. The summed E-state index contributed by atoms with van der Waals surface area (Å²) in [7, 11) is 0. The molecule has 0 saturated heterocycles. The Hall–Kier alpha value is -4.96. The van der Waals surface area contributed by atoms with E-state index in [1.807, 2.05) is 0 Å². The van der Waals surface area contributed by atoms with Gasteiger partial charge in [0.1, 0.15) is 34.5 Å². The zero-order chi connectivity index (χ0) is 31.1. The Balaban J connectivity index is 1.48. The number of ether oxygens (including phenoxy) is 2. The quantitative estimate of drug-likeness (QED) is 0.0916. The minimum atomic E-state index is -4.75. The van der Waals surface area contributed by atoms with E-state index in [-0.39, 0.29) is 17.7 Å². The molecule has 0 aromatic heterocycles. The van der Waals surface area contributed by atoms with Gasteiger partial charge in [0.05, 0.1) is 12.2 Å². The highest BCUT2D eigenvalue weighted by Gasteiger charge is 2.41. The summed E-state index contributed by atoms with van der Waals surface area (Å²) in [4.78, 5) is 0. The summed E-state index contributed by atoms with van der Waals surface area (Å²) < 4.78 is 122. The van der Waals surface area contributed by atoms with Crippen LogP contribution >= 0.6 is 0 Å². The first-order chi connectivity index (χ1) is 20.5. The molecular formula is C33H20F8O2. The molecule has 0 saturated carbocycles. The van der Waals surface area contributed by atoms with Crippen LogP contribution in [0.4, 0.5) is 35.1 Å². The topological polar surface area (TPSA) is 18.5 Å². The maximum Gasteiger partial charge on any atom is 0.432 e. The summed E-state index contributed by atoms with van der Waals surface area (Å²) in [5.74, 6) is -0.145. The Morgan fingerprint density at radius 3 is 1.77 bits per heavy atom. The molecule has 0 amide bonds. The maximum atomic E-state index is 14.6. The Labute approximate surface area is 241 Å². The highest BCUT2D eigenvalue weighted by molar-refractivity contribution is 5.49. The van der Waals surface area contributed by atoms with Crippen LogP contribution < -0.4 is 9.47 Å². The molecule has 0 fully saturated rings. The van der Waals surface area contributed by atoms with E-state index in [0.717, 1.165) is 18.9 Å². The first-order valence-corrected chi connectivity index (χ1v) is 12.7. The number of unbranched alkanes of at least 4 members (excludes halogenated alkanes) is 1. The van der Waals surface area contributed by atoms with Crippen molar-refractivity contribution < 1.29 is 44.6 Å². The third-order valence-corrected chi connectivity index (χ3v) is 5.82. The molecule has 220 valence electrons. The zero-order valence-corrected chi connectivity index (χ0v) is 22.3. The molecular weight excluding hydrogens is 580 g/mol. The van der Waals surface area contributed by atoms with Gasteiger partial charge >= 0.3 is 6.11 Å². The van der Waals surface area contributed by atoms with Gasteiger partial charge in [0, 0.05) is 28.8 Å². The number of hydrogen-bond acceptors (Lipinski definition) is 2. The van der Waals surface area contributed by atoms with E-state index in [1.165, 1.54) is 12.1 Å². The van der Waals surface area contributed by atoms with Crippen molar-refractivity contribution in [1.29, 1.82) is 0 Å². The predicted molar refractivity (Wildman–Crippen MR) is 142 cm³/mol.